The van der Waals surface area contributed by atoms with E-state index in [0.717, 1.165) is 6.07 Å². The molecule has 2 aromatic rings. The normalized spacial score (nSPS) is 10.6. The van der Waals surface area contributed by atoms with Gasteiger partial charge in [0.25, 0.3) is 0 Å². The molecular formula is C14H15F3N4. The van der Waals surface area contributed by atoms with Crippen LogP contribution in [0.1, 0.15) is 18.3 Å². The molecule has 0 fully saturated rings. The third kappa shape index (κ3) is 3.07. The molecule has 0 aliphatic rings. The van der Waals surface area contributed by atoms with Crippen molar-refractivity contribution in [3.63, 3.8) is 0 Å². The lowest BCUT2D eigenvalue weighted by atomic mass is 10.2. The average Bonchev–Trinajstić information content (AvgIpc) is 2.46. The molecule has 4 nitrogen and oxygen atoms in total. The summed E-state index contributed by atoms with van der Waals surface area (Å²) in [5.41, 5.74) is 0.471. The highest BCUT2D eigenvalue weighted by molar-refractivity contribution is 5.65. The van der Waals surface area contributed by atoms with Gasteiger partial charge in [-0.2, -0.15) is 0 Å². The lowest BCUT2D eigenvalue weighted by Crippen LogP contribution is -2.08. The van der Waals surface area contributed by atoms with Crippen molar-refractivity contribution in [1.29, 1.82) is 0 Å². The van der Waals surface area contributed by atoms with Gasteiger partial charge in [0.2, 0.25) is 0 Å². The Morgan fingerprint density at radius 1 is 1.00 bits per heavy atom. The molecule has 2 N–H and O–H groups in total. The number of aryl methyl sites for hydroxylation is 1. The van der Waals surface area contributed by atoms with E-state index >= 15 is 0 Å². The first-order chi connectivity index (χ1) is 9.96. The van der Waals surface area contributed by atoms with Gasteiger partial charge in [-0.05, 0) is 6.92 Å². The van der Waals surface area contributed by atoms with Gasteiger partial charge in [0.15, 0.2) is 11.6 Å². The van der Waals surface area contributed by atoms with Crippen LogP contribution in [-0.4, -0.2) is 17.0 Å². The second-order valence-corrected chi connectivity index (χ2v) is 4.44. The molecule has 0 saturated heterocycles. The zero-order chi connectivity index (χ0) is 15.6. The van der Waals surface area contributed by atoms with Crippen LogP contribution in [0.5, 0.6) is 0 Å². The monoisotopic (exact) mass is 296 g/mol. The second kappa shape index (κ2) is 5.99. The number of nitrogens with zero attached hydrogens (tertiary/aromatic N) is 2. The fraction of sp³-hybridized carbons (Fsp3) is 0.286. The number of benzene rings is 1. The Hall–Kier alpha value is -2.31. The summed E-state index contributed by atoms with van der Waals surface area (Å²) in [4.78, 5) is 8.52. The van der Waals surface area contributed by atoms with E-state index in [4.69, 9.17) is 0 Å². The molecule has 0 spiro atoms. The predicted molar refractivity (Wildman–Crippen MR) is 75.3 cm³/mol. The number of hydrogen-bond acceptors (Lipinski definition) is 4. The fourth-order valence-corrected chi connectivity index (χ4v) is 1.83. The van der Waals surface area contributed by atoms with E-state index in [1.54, 1.807) is 14.0 Å². The summed E-state index contributed by atoms with van der Waals surface area (Å²) in [5.74, 6) is -1.77. The van der Waals surface area contributed by atoms with E-state index in [1.807, 2.05) is 6.92 Å². The molecule has 7 heteroatoms. The summed E-state index contributed by atoms with van der Waals surface area (Å²) in [6.45, 7) is 3.62. The van der Waals surface area contributed by atoms with Gasteiger partial charge in [-0.3, -0.25) is 0 Å². The number of rotatable bonds is 4. The van der Waals surface area contributed by atoms with E-state index in [9.17, 15) is 13.2 Å². The largest absolute Gasteiger partial charge is 0.373 e. The molecule has 0 atom stereocenters. The maximum atomic E-state index is 13.7. The van der Waals surface area contributed by atoms with Gasteiger partial charge in [-0.25, -0.2) is 23.1 Å². The van der Waals surface area contributed by atoms with Crippen LogP contribution < -0.4 is 10.6 Å². The molecule has 0 bridgehead atoms. The van der Waals surface area contributed by atoms with Crippen molar-refractivity contribution in [2.45, 2.75) is 20.3 Å². The van der Waals surface area contributed by atoms with Crippen molar-refractivity contribution in [3.8, 4) is 0 Å². The highest BCUT2D eigenvalue weighted by Gasteiger charge is 2.14. The van der Waals surface area contributed by atoms with Gasteiger partial charge in [-0.1, -0.05) is 6.92 Å². The van der Waals surface area contributed by atoms with Crippen molar-refractivity contribution >= 4 is 17.3 Å². The van der Waals surface area contributed by atoms with E-state index < -0.39 is 17.5 Å². The number of anilines is 3. The van der Waals surface area contributed by atoms with Crippen molar-refractivity contribution in [3.05, 3.63) is 41.0 Å². The minimum atomic E-state index is -1.23. The smallest absolute Gasteiger partial charge is 0.161 e. The summed E-state index contributed by atoms with van der Waals surface area (Å²) >= 11 is 0. The Kier molecular flexibility index (Phi) is 4.30. The van der Waals surface area contributed by atoms with Gasteiger partial charge in [0.05, 0.1) is 5.69 Å². The van der Waals surface area contributed by atoms with Crippen LogP contribution >= 0.6 is 0 Å². The second-order valence-electron chi connectivity index (χ2n) is 4.44. The molecule has 0 radical (unpaired) electrons. The maximum Gasteiger partial charge on any atom is 0.161 e. The zero-order valence-electron chi connectivity index (χ0n) is 11.9. The molecule has 1 aromatic heterocycles. The molecule has 0 unspecified atom stereocenters. The van der Waals surface area contributed by atoms with E-state index in [1.165, 1.54) is 0 Å². The van der Waals surface area contributed by atoms with E-state index in [0.29, 0.717) is 35.5 Å². The van der Waals surface area contributed by atoms with Crippen LogP contribution in [0.3, 0.4) is 0 Å². The lowest BCUT2D eigenvalue weighted by molar-refractivity contribution is 0.496. The molecule has 0 aliphatic carbocycles. The average molecular weight is 296 g/mol. The topological polar surface area (TPSA) is 49.8 Å². The molecule has 2 rings (SSSR count). The first-order valence-electron chi connectivity index (χ1n) is 6.43. The number of hydrogen-bond donors (Lipinski definition) is 2. The number of nitrogens with one attached hydrogen (secondary N) is 2. The van der Waals surface area contributed by atoms with Crippen LogP contribution in [0, 0.1) is 24.4 Å². The summed E-state index contributed by atoms with van der Waals surface area (Å²) in [5, 5.41) is 5.60. The third-order valence-electron chi connectivity index (χ3n) is 3.01. The van der Waals surface area contributed by atoms with Crippen LogP contribution in [-0.2, 0) is 6.42 Å². The highest BCUT2D eigenvalue weighted by atomic mass is 19.2. The van der Waals surface area contributed by atoms with Gasteiger partial charge < -0.3 is 10.6 Å². The highest BCUT2D eigenvalue weighted by Crippen LogP contribution is 2.26. The molecule has 0 saturated carbocycles. The van der Waals surface area contributed by atoms with Gasteiger partial charge >= 0.3 is 0 Å². The first kappa shape index (κ1) is 15.1. The van der Waals surface area contributed by atoms with Crippen LogP contribution in [0.25, 0.3) is 0 Å². The summed E-state index contributed by atoms with van der Waals surface area (Å²) in [7, 11) is 1.71. The predicted octanol–water partition coefficient (Wildman–Crippen LogP) is 3.55. The number of aromatic nitrogens is 2. The van der Waals surface area contributed by atoms with Crippen LogP contribution in [0.2, 0.25) is 0 Å². The molecular weight excluding hydrogens is 281 g/mol. The van der Waals surface area contributed by atoms with E-state index in [2.05, 4.69) is 20.6 Å². The summed E-state index contributed by atoms with van der Waals surface area (Å²) in [6, 6.07) is 1.25. The quantitative estimate of drug-likeness (QED) is 0.847. The Morgan fingerprint density at radius 2 is 1.62 bits per heavy atom. The van der Waals surface area contributed by atoms with Crippen molar-refractivity contribution < 1.29 is 13.2 Å². The fourth-order valence-electron chi connectivity index (χ4n) is 1.83. The van der Waals surface area contributed by atoms with Crippen molar-refractivity contribution in [2.75, 3.05) is 17.7 Å². The molecule has 112 valence electrons. The third-order valence-corrected chi connectivity index (χ3v) is 3.01. The lowest BCUT2D eigenvalue weighted by Gasteiger charge is -2.14. The zero-order valence-corrected chi connectivity index (χ0v) is 11.9. The SMILES string of the molecule is CCc1nc(NC)c(C)c(Nc2cc(F)c(F)cc2F)n1. The minimum absolute atomic E-state index is 0.181. The Balaban J connectivity index is 2.46. The van der Waals surface area contributed by atoms with Crippen LogP contribution in [0.4, 0.5) is 30.5 Å². The van der Waals surface area contributed by atoms with Crippen LogP contribution in [0.15, 0.2) is 12.1 Å². The minimum Gasteiger partial charge on any atom is -0.373 e. The summed E-state index contributed by atoms with van der Waals surface area (Å²) in [6.07, 6.45) is 0.587. The Morgan fingerprint density at radius 3 is 2.24 bits per heavy atom. The van der Waals surface area contributed by atoms with Crippen molar-refractivity contribution in [1.82, 2.24) is 9.97 Å². The first-order valence-corrected chi connectivity index (χ1v) is 6.43. The standard InChI is InChI=1S/C14H15F3N4/c1-4-12-20-13(18-3)7(2)14(21-12)19-11-6-9(16)8(15)5-10(11)17/h5-6H,4H2,1-3H3,(H2,18,19,20,21). The molecule has 0 amide bonds. The summed E-state index contributed by atoms with van der Waals surface area (Å²) < 4.78 is 39.8. The molecule has 0 aliphatic heterocycles. The van der Waals surface area contributed by atoms with Gasteiger partial charge in [0, 0.05) is 31.2 Å². The molecule has 1 heterocycles. The number of halogens is 3. The van der Waals surface area contributed by atoms with Gasteiger partial charge in [0.1, 0.15) is 23.3 Å². The van der Waals surface area contributed by atoms with E-state index in [-0.39, 0.29) is 5.69 Å². The molecule has 21 heavy (non-hydrogen) atoms. The Labute approximate surface area is 120 Å². The maximum absolute atomic E-state index is 13.7. The molecule has 1 aromatic carbocycles. The van der Waals surface area contributed by atoms with Crippen molar-refractivity contribution in [2.24, 2.45) is 0 Å². The Bertz CT molecular complexity index is 674. The van der Waals surface area contributed by atoms with Gasteiger partial charge in [-0.15, -0.1) is 0 Å².